The largest absolute Gasteiger partial charge is 0.573 e. The average molecular weight is 427 g/mol. The Morgan fingerprint density at radius 3 is 2.48 bits per heavy atom. The number of carbonyl (C=O) groups is 1. The summed E-state index contributed by atoms with van der Waals surface area (Å²) in [5.74, 6) is -0.238. The number of carbonyl (C=O) groups excluding carboxylic acids is 1. The third-order valence-corrected chi connectivity index (χ3v) is 4.49. The lowest BCUT2D eigenvalue weighted by molar-refractivity contribution is -0.274. The van der Waals surface area contributed by atoms with Crippen LogP contribution in [0, 0.1) is 0 Å². The van der Waals surface area contributed by atoms with Gasteiger partial charge in [0.1, 0.15) is 24.4 Å². The maximum Gasteiger partial charge on any atom is 0.573 e. The van der Waals surface area contributed by atoms with Crippen molar-refractivity contribution in [2.45, 2.75) is 13.0 Å². The van der Waals surface area contributed by atoms with Gasteiger partial charge < -0.3 is 15.2 Å². The molecule has 9 heteroatoms. The number of ether oxygens (including phenoxy) is 2. The molecule has 0 unspecified atom stereocenters. The van der Waals surface area contributed by atoms with Gasteiger partial charge in [-0.05, 0) is 48.0 Å². The normalized spacial score (nSPS) is 11.5. The highest BCUT2D eigenvalue weighted by Gasteiger charge is 2.30. The third-order valence-electron chi connectivity index (χ3n) is 4.49. The zero-order chi connectivity index (χ0) is 22.0. The van der Waals surface area contributed by atoms with Crippen LogP contribution in [-0.2, 0) is 6.61 Å². The highest BCUT2D eigenvalue weighted by Crippen LogP contribution is 2.25. The predicted molar refractivity (Wildman–Crippen MR) is 107 cm³/mol. The first kappa shape index (κ1) is 20.3. The first-order chi connectivity index (χ1) is 14.8. The lowest BCUT2D eigenvalue weighted by Crippen LogP contribution is -2.17. The molecule has 0 spiro atoms. The van der Waals surface area contributed by atoms with Gasteiger partial charge in [-0.2, -0.15) is 0 Å². The zero-order valence-electron chi connectivity index (χ0n) is 16.0. The molecule has 0 saturated carbocycles. The lowest BCUT2D eigenvalue weighted by atomic mass is 10.2. The third kappa shape index (κ3) is 4.77. The minimum atomic E-state index is -4.72. The quantitative estimate of drug-likeness (QED) is 0.488. The number of nitrogens with zero attached hydrogens (tertiary/aromatic N) is 2. The van der Waals surface area contributed by atoms with Crippen molar-refractivity contribution >= 4 is 16.9 Å². The minimum absolute atomic E-state index is 0.169. The molecule has 1 aromatic heterocycles. The molecule has 4 aromatic rings. The van der Waals surface area contributed by atoms with E-state index in [-0.39, 0.29) is 12.4 Å². The predicted octanol–water partition coefficient (Wildman–Crippen LogP) is 4.60. The van der Waals surface area contributed by atoms with Crippen LogP contribution in [0.15, 0.2) is 73.1 Å². The van der Waals surface area contributed by atoms with E-state index in [4.69, 9.17) is 10.5 Å². The summed E-state index contributed by atoms with van der Waals surface area (Å²) in [6.45, 7) is 0.169. The standard InChI is InChI=1S/C22H16F3N3O3/c23-22(24,25)31-17-7-4-14(5-8-17)12-30-18-3-1-2-16(11-18)28-13-27-19-10-15(21(26)29)6-9-20(19)28/h1-11,13H,12H2,(H2,26,29). The number of nitrogens with two attached hydrogens (primary N) is 1. The van der Waals surface area contributed by atoms with E-state index in [1.807, 2.05) is 22.8 Å². The fraction of sp³-hybridized carbons (Fsp3) is 0.0909. The SMILES string of the molecule is NC(=O)c1ccc2c(c1)ncn2-c1cccc(OCc2ccc(OC(F)(F)F)cc2)c1. The summed E-state index contributed by atoms with van der Waals surface area (Å²) in [5.41, 5.74) is 8.59. The second kappa shape index (κ2) is 8.02. The molecule has 31 heavy (non-hydrogen) atoms. The van der Waals surface area contributed by atoms with E-state index in [9.17, 15) is 18.0 Å². The van der Waals surface area contributed by atoms with Crippen LogP contribution >= 0.6 is 0 Å². The van der Waals surface area contributed by atoms with Crippen molar-refractivity contribution in [3.63, 3.8) is 0 Å². The minimum Gasteiger partial charge on any atom is -0.489 e. The van der Waals surface area contributed by atoms with Crippen LogP contribution in [0.1, 0.15) is 15.9 Å². The van der Waals surface area contributed by atoms with Crippen molar-refractivity contribution in [2.24, 2.45) is 5.73 Å². The summed E-state index contributed by atoms with van der Waals surface area (Å²) >= 11 is 0. The molecular formula is C22H16F3N3O3. The van der Waals surface area contributed by atoms with Crippen LogP contribution in [0.5, 0.6) is 11.5 Å². The Morgan fingerprint density at radius 2 is 1.77 bits per heavy atom. The molecule has 0 saturated heterocycles. The molecule has 6 nitrogen and oxygen atoms in total. The smallest absolute Gasteiger partial charge is 0.489 e. The number of rotatable bonds is 6. The molecule has 3 aromatic carbocycles. The van der Waals surface area contributed by atoms with E-state index in [0.717, 1.165) is 11.2 Å². The Bertz CT molecular complexity index is 1230. The molecule has 2 N–H and O–H groups in total. The fourth-order valence-corrected chi connectivity index (χ4v) is 3.05. The summed E-state index contributed by atoms with van der Waals surface area (Å²) in [5, 5.41) is 0. The molecule has 158 valence electrons. The van der Waals surface area contributed by atoms with Crippen molar-refractivity contribution < 1.29 is 27.4 Å². The van der Waals surface area contributed by atoms with Gasteiger partial charge in [0.05, 0.1) is 16.7 Å². The number of hydrogen-bond acceptors (Lipinski definition) is 4. The van der Waals surface area contributed by atoms with Crippen LogP contribution in [-0.4, -0.2) is 21.8 Å². The van der Waals surface area contributed by atoms with Gasteiger partial charge in [-0.25, -0.2) is 4.98 Å². The molecule has 1 heterocycles. The monoisotopic (exact) mass is 427 g/mol. The van der Waals surface area contributed by atoms with Crippen LogP contribution in [0.2, 0.25) is 0 Å². The second-order valence-electron chi connectivity index (χ2n) is 6.66. The Labute approximate surface area is 174 Å². The summed E-state index contributed by atoms with van der Waals surface area (Å²) < 4.78 is 48.2. The van der Waals surface area contributed by atoms with Gasteiger partial charge in [-0.1, -0.05) is 18.2 Å². The molecule has 0 aliphatic heterocycles. The highest BCUT2D eigenvalue weighted by molar-refractivity contribution is 5.96. The number of aromatic nitrogens is 2. The Balaban J connectivity index is 1.49. The zero-order valence-corrected chi connectivity index (χ0v) is 16.0. The number of amides is 1. The van der Waals surface area contributed by atoms with Gasteiger partial charge in [0.25, 0.3) is 0 Å². The van der Waals surface area contributed by atoms with Crippen molar-refractivity contribution in [1.29, 1.82) is 0 Å². The Morgan fingerprint density at radius 1 is 1.00 bits per heavy atom. The van der Waals surface area contributed by atoms with Crippen molar-refractivity contribution in [2.75, 3.05) is 0 Å². The number of fused-ring (bicyclic) bond motifs is 1. The summed E-state index contributed by atoms with van der Waals surface area (Å²) in [6, 6.07) is 17.8. The average Bonchev–Trinajstić information content (AvgIpc) is 3.15. The summed E-state index contributed by atoms with van der Waals surface area (Å²) in [4.78, 5) is 15.7. The van der Waals surface area contributed by atoms with E-state index in [0.29, 0.717) is 22.4 Å². The van der Waals surface area contributed by atoms with E-state index < -0.39 is 12.3 Å². The van der Waals surface area contributed by atoms with E-state index in [2.05, 4.69) is 9.72 Å². The van der Waals surface area contributed by atoms with Crippen LogP contribution in [0.4, 0.5) is 13.2 Å². The Hall–Kier alpha value is -4.01. The highest BCUT2D eigenvalue weighted by atomic mass is 19.4. The van der Waals surface area contributed by atoms with Gasteiger partial charge in [-0.15, -0.1) is 13.2 Å². The number of hydrogen-bond donors (Lipinski definition) is 1. The maximum atomic E-state index is 12.2. The first-order valence-corrected chi connectivity index (χ1v) is 9.13. The number of primary amides is 1. The second-order valence-corrected chi connectivity index (χ2v) is 6.66. The number of benzene rings is 3. The van der Waals surface area contributed by atoms with Gasteiger partial charge in [-0.3, -0.25) is 9.36 Å². The number of imidazole rings is 1. The first-order valence-electron chi connectivity index (χ1n) is 9.13. The fourth-order valence-electron chi connectivity index (χ4n) is 3.05. The summed E-state index contributed by atoms with van der Waals surface area (Å²) in [7, 11) is 0. The van der Waals surface area contributed by atoms with Gasteiger partial charge >= 0.3 is 6.36 Å². The van der Waals surface area contributed by atoms with Crippen molar-refractivity contribution in [3.05, 3.63) is 84.2 Å². The molecule has 1 amide bonds. The van der Waals surface area contributed by atoms with Gasteiger partial charge in [0.15, 0.2) is 0 Å². The van der Waals surface area contributed by atoms with Crippen molar-refractivity contribution in [1.82, 2.24) is 9.55 Å². The maximum absolute atomic E-state index is 12.2. The molecular weight excluding hydrogens is 411 g/mol. The van der Waals surface area contributed by atoms with Crippen molar-refractivity contribution in [3.8, 4) is 17.2 Å². The molecule has 0 radical (unpaired) electrons. The number of alkyl halides is 3. The Kier molecular flexibility index (Phi) is 5.24. The van der Waals surface area contributed by atoms with Gasteiger partial charge in [0.2, 0.25) is 5.91 Å². The van der Waals surface area contributed by atoms with Crippen LogP contribution in [0.3, 0.4) is 0 Å². The molecule has 4 rings (SSSR count). The molecule has 0 fully saturated rings. The molecule has 0 aliphatic rings. The molecule has 0 bridgehead atoms. The van der Waals surface area contributed by atoms with E-state index in [1.54, 1.807) is 30.6 Å². The van der Waals surface area contributed by atoms with E-state index in [1.165, 1.54) is 24.3 Å². The molecule has 0 aliphatic carbocycles. The summed E-state index contributed by atoms with van der Waals surface area (Å²) in [6.07, 6.45) is -3.09. The van der Waals surface area contributed by atoms with Crippen LogP contribution in [0.25, 0.3) is 16.7 Å². The molecule has 0 atom stereocenters. The van der Waals surface area contributed by atoms with Gasteiger partial charge in [0, 0.05) is 11.6 Å². The van der Waals surface area contributed by atoms with Crippen LogP contribution < -0.4 is 15.2 Å². The number of halogens is 3. The topological polar surface area (TPSA) is 79.4 Å². The lowest BCUT2D eigenvalue weighted by Gasteiger charge is -2.11. The van der Waals surface area contributed by atoms with E-state index >= 15 is 0 Å².